The second-order valence-electron chi connectivity index (χ2n) is 9.29. The van der Waals surface area contributed by atoms with Crippen molar-refractivity contribution in [3.8, 4) is 11.1 Å². The highest BCUT2D eigenvalue weighted by atomic mass is 32.1. The predicted molar refractivity (Wildman–Crippen MR) is 142 cm³/mol. The molecule has 0 bridgehead atoms. The van der Waals surface area contributed by atoms with Crippen LogP contribution in [0.3, 0.4) is 0 Å². The zero-order valence-corrected chi connectivity index (χ0v) is 21.0. The number of carbonyl (C=O) groups is 1. The topological polar surface area (TPSA) is 58.6 Å². The van der Waals surface area contributed by atoms with Crippen molar-refractivity contribution in [2.75, 3.05) is 37.7 Å². The number of anilines is 1. The minimum Gasteiger partial charge on any atom is -0.378 e. The summed E-state index contributed by atoms with van der Waals surface area (Å²) in [5.41, 5.74) is 4.29. The van der Waals surface area contributed by atoms with Gasteiger partial charge < -0.3 is 14.5 Å². The first-order chi connectivity index (χ1) is 17.1. The smallest absolute Gasteiger partial charge is 0.264 e. The molecule has 5 rings (SSSR count). The summed E-state index contributed by atoms with van der Waals surface area (Å²) in [5.74, 6) is 1.44. The summed E-state index contributed by atoms with van der Waals surface area (Å²) in [6.45, 7) is 8.68. The van der Waals surface area contributed by atoms with Crippen LogP contribution in [0, 0.1) is 5.92 Å². The lowest BCUT2D eigenvalue weighted by molar-refractivity contribution is 0.0727. The quantitative estimate of drug-likeness (QED) is 0.346. The van der Waals surface area contributed by atoms with Crippen molar-refractivity contribution < 1.29 is 9.53 Å². The maximum absolute atomic E-state index is 13.1. The Hall–Kier alpha value is -3.29. The maximum atomic E-state index is 13.1. The van der Waals surface area contributed by atoms with Crippen LogP contribution in [0.1, 0.15) is 29.1 Å². The van der Waals surface area contributed by atoms with Crippen LogP contribution in [0.25, 0.3) is 22.0 Å². The van der Waals surface area contributed by atoms with E-state index < -0.39 is 0 Å². The van der Waals surface area contributed by atoms with Crippen LogP contribution in [0.2, 0.25) is 0 Å². The highest BCUT2D eigenvalue weighted by Crippen LogP contribution is 2.30. The fourth-order valence-corrected chi connectivity index (χ4v) is 5.23. The van der Waals surface area contributed by atoms with E-state index in [1.54, 1.807) is 6.33 Å². The van der Waals surface area contributed by atoms with Crippen LogP contribution in [-0.2, 0) is 11.3 Å². The van der Waals surface area contributed by atoms with E-state index in [4.69, 9.17) is 4.74 Å². The van der Waals surface area contributed by atoms with Crippen molar-refractivity contribution in [3.05, 3.63) is 76.7 Å². The van der Waals surface area contributed by atoms with E-state index in [1.807, 2.05) is 22.4 Å². The van der Waals surface area contributed by atoms with Gasteiger partial charge in [0.1, 0.15) is 12.1 Å². The van der Waals surface area contributed by atoms with Gasteiger partial charge in [0.15, 0.2) is 0 Å². The molecule has 1 fully saturated rings. The first kappa shape index (κ1) is 23.5. The van der Waals surface area contributed by atoms with Gasteiger partial charge in [-0.1, -0.05) is 44.2 Å². The Balaban J connectivity index is 1.44. The van der Waals surface area contributed by atoms with E-state index in [1.165, 1.54) is 11.3 Å². The molecule has 0 aliphatic carbocycles. The highest BCUT2D eigenvalue weighted by molar-refractivity contribution is 7.12. The van der Waals surface area contributed by atoms with Crippen molar-refractivity contribution in [3.63, 3.8) is 0 Å². The van der Waals surface area contributed by atoms with Gasteiger partial charge in [0.25, 0.3) is 5.91 Å². The summed E-state index contributed by atoms with van der Waals surface area (Å²) < 4.78 is 5.52. The molecular formula is C28H30N4O2S. The Morgan fingerprint density at radius 2 is 1.89 bits per heavy atom. The molecule has 1 aliphatic heterocycles. The molecule has 2 aromatic carbocycles. The Kier molecular flexibility index (Phi) is 7.06. The van der Waals surface area contributed by atoms with E-state index in [0.717, 1.165) is 57.9 Å². The van der Waals surface area contributed by atoms with Gasteiger partial charge in [0.05, 0.1) is 23.6 Å². The number of nitrogens with zero attached hydrogens (tertiary/aromatic N) is 4. The van der Waals surface area contributed by atoms with Crippen LogP contribution in [-0.4, -0.2) is 53.6 Å². The van der Waals surface area contributed by atoms with E-state index in [9.17, 15) is 4.79 Å². The number of carbonyl (C=O) groups excluding carboxylic acids is 1. The lowest BCUT2D eigenvalue weighted by atomic mass is 10.0. The molecule has 1 saturated heterocycles. The Labute approximate surface area is 210 Å². The normalized spacial score (nSPS) is 14.0. The number of morpholine rings is 1. The van der Waals surface area contributed by atoms with E-state index in [0.29, 0.717) is 25.7 Å². The SMILES string of the molecule is CC(C)CN(Cc1cccc(-c2ccc3ncnc(N4CCOCC4)c3c2)c1)C(=O)c1cccs1. The van der Waals surface area contributed by atoms with Gasteiger partial charge in [-0.05, 0) is 52.3 Å². The number of ether oxygens (including phenoxy) is 1. The highest BCUT2D eigenvalue weighted by Gasteiger charge is 2.19. The number of hydrogen-bond donors (Lipinski definition) is 0. The fraction of sp³-hybridized carbons (Fsp3) is 0.321. The summed E-state index contributed by atoms with van der Waals surface area (Å²) in [7, 11) is 0. The molecule has 7 heteroatoms. The number of fused-ring (bicyclic) bond motifs is 1. The van der Waals surface area contributed by atoms with Gasteiger partial charge in [0.2, 0.25) is 0 Å². The van der Waals surface area contributed by atoms with E-state index >= 15 is 0 Å². The van der Waals surface area contributed by atoms with Gasteiger partial charge in [-0.3, -0.25) is 4.79 Å². The zero-order valence-electron chi connectivity index (χ0n) is 20.2. The minimum absolute atomic E-state index is 0.0945. The molecule has 0 N–H and O–H groups in total. The summed E-state index contributed by atoms with van der Waals surface area (Å²) in [6, 6.07) is 18.7. The first-order valence-electron chi connectivity index (χ1n) is 12.1. The third-order valence-corrected chi connectivity index (χ3v) is 7.02. The molecule has 6 nitrogen and oxygen atoms in total. The van der Waals surface area contributed by atoms with Crippen LogP contribution in [0.4, 0.5) is 5.82 Å². The molecule has 2 aromatic heterocycles. The Morgan fingerprint density at radius 3 is 2.66 bits per heavy atom. The summed E-state index contributed by atoms with van der Waals surface area (Å²) in [5, 5.41) is 3.00. The average Bonchev–Trinajstić information content (AvgIpc) is 3.43. The maximum Gasteiger partial charge on any atom is 0.264 e. The summed E-state index contributed by atoms with van der Waals surface area (Å²) in [4.78, 5) is 27.3. The molecule has 3 heterocycles. The molecular weight excluding hydrogens is 456 g/mol. The van der Waals surface area contributed by atoms with Crippen molar-refractivity contribution in [2.45, 2.75) is 20.4 Å². The number of amides is 1. The first-order valence-corrected chi connectivity index (χ1v) is 13.0. The number of benzene rings is 2. The van der Waals surface area contributed by atoms with E-state index in [-0.39, 0.29) is 5.91 Å². The van der Waals surface area contributed by atoms with Crippen molar-refractivity contribution in [2.24, 2.45) is 5.92 Å². The summed E-state index contributed by atoms with van der Waals surface area (Å²) >= 11 is 1.50. The molecule has 0 atom stereocenters. The fourth-order valence-electron chi connectivity index (χ4n) is 4.54. The number of rotatable bonds is 7. The van der Waals surface area contributed by atoms with Gasteiger partial charge >= 0.3 is 0 Å². The monoisotopic (exact) mass is 486 g/mol. The molecule has 0 spiro atoms. The Morgan fingerprint density at radius 1 is 1.06 bits per heavy atom. The second kappa shape index (κ2) is 10.5. The molecule has 0 unspecified atom stereocenters. The molecule has 4 aromatic rings. The van der Waals surface area contributed by atoms with E-state index in [2.05, 4.69) is 71.2 Å². The average molecular weight is 487 g/mol. The Bertz CT molecular complexity index is 1300. The number of aromatic nitrogens is 2. The summed E-state index contributed by atoms with van der Waals surface area (Å²) in [6.07, 6.45) is 1.64. The lowest BCUT2D eigenvalue weighted by Gasteiger charge is -2.28. The van der Waals surface area contributed by atoms with Gasteiger partial charge in [-0.15, -0.1) is 11.3 Å². The molecule has 0 radical (unpaired) electrons. The predicted octanol–water partition coefficient (Wildman–Crippen LogP) is 5.49. The number of hydrogen-bond acceptors (Lipinski definition) is 6. The number of thiophene rings is 1. The van der Waals surface area contributed by atoms with Crippen LogP contribution >= 0.6 is 11.3 Å². The van der Waals surface area contributed by atoms with Crippen molar-refractivity contribution >= 4 is 34.0 Å². The van der Waals surface area contributed by atoms with Crippen LogP contribution < -0.4 is 4.90 Å². The zero-order chi connectivity index (χ0) is 24.2. The van der Waals surface area contributed by atoms with Gasteiger partial charge in [0, 0.05) is 31.6 Å². The van der Waals surface area contributed by atoms with Crippen molar-refractivity contribution in [1.29, 1.82) is 0 Å². The van der Waals surface area contributed by atoms with Gasteiger partial charge in [-0.25, -0.2) is 9.97 Å². The largest absolute Gasteiger partial charge is 0.378 e. The van der Waals surface area contributed by atoms with Crippen LogP contribution in [0.5, 0.6) is 0 Å². The third-order valence-electron chi connectivity index (χ3n) is 6.16. The van der Waals surface area contributed by atoms with Gasteiger partial charge in [-0.2, -0.15) is 0 Å². The second-order valence-corrected chi connectivity index (χ2v) is 10.2. The minimum atomic E-state index is 0.0945. The molecule has 35 heavy (non-hydrogen) atoms. The third kappa shape index (κ3) is 5.36. The molecule has 0 saturated carbocycles. The lowest BCUT2D eigenvalue weighted by Crippen LogP contribution is -2.36. The van der Waals surface area contributed by atoms with Crippen LogP contribution in [0.15, 0.2) is 66.3 Å². The molecule has 1 amide bonds. The molecule has 1 aliphatic rings. The van der Waals surface area contributed by atoms with Crippen molar-refractivity contribution in [1.82, 2.24) is 14.9 Å². The molecule has 180 valence electrons. The standard InChI is InChI=1S/C28H30N4O2S/c1-20(2)17-32(28(33)26-7-4-14-35-26)18-21-5-3-6-22(15-21)23-8-9-25-24(16-23)27(30-19-29-25)31-10-12-34-13-11-31/h3-9,14-16,19-20H,10-13,17-18H2,1-2H3.